The van der Waals surface area contributed by atoms with Crippen molar-refractivity contribution in [3.8, 4) is 10.7 Å². The molecule has 3 aromatic rings. The van der Waals surface area contributed by atoms with Gasteiger partial charge in [-0.15, -0.1) is 10.2 Å². The number of nitrogens with one attached hydrogen (secondary N) is 1. The minimum absolute atomic E-state index is 0.0826. The second-order valence-corrected chi connectivity index (χ2v) is 7.19. The van der Waals surface area contributed by atoms with Gasteiger partial charge in [0.05, 0.1) is 22.5 Å². The Morgan fingerprint density at radius 1 is 1.26 bits per heavy atom. The van der Waals surface area contributed by atoms with Gasteiger partial charge in [-0.2, -0.15) is 5.10 Å². The number of nitrogens with zero attached hydrogens (tertiary/aromatic N) is 5. The molecule has 2 heterocycles. The van der Waals surface area contributed by atoms with Crippen LogP contribution in [0.15, 0.2) is 58.1 Å². The zero-order chi connectivity index (χ0) is 19.1. The van der Waals surface area contributed by atoms with Crippen LogP contribution in [0.5, 0.6) is 0 Å². The average Bonchev–Trinajstić information content (AvgIpc) is 3.16. The first-order chi connectivity index (χ1) is 13.1. The number of carbonyl (C=O) groups is 1. The molecule has 0 aliphatic rings. The topological polar surface area (TPSA) is 123 Å². The third kappa shape index (κ3) is 5.15. The van der Waals surface area contributed by atoms with Crippen LogP contribution in [0.1, 0.15) is 5.56 Å². The van der Waals surface area contributed by atoms with E-state index in [-0.39, 0.29) is 17.3 Å². The van der Waals surface area contributed by atoms with E-state index in [0.717, 1.165) is 5.69 Å². The molecular weight excluding hydrogens is 388 g/mol. The Bertz CT molecular complexity index is 977. The highest BCUT2D eigenvalue weighted by Gasteiger charge is 2.11. The lowest BCUT2D eigenvalue weighted by atomic mass is 10.2. The van der Waals surface area contributed by atoms with Crippen molar-refractivity contribution in [1.82, 2.24) is 20.6 Å². The molecule has 136 valence electrons. The number of carbonyl (C=O) groups excluding carboxylic acids is 1. The molecule has 0 aliphatic heterocycles. The number of hydrazone groups is 1. The van der Waals surface area contributed by atoms with E-state index in [1.807, 2.05) is 18.2 Å². The van der Waals surface area contributed by atoms with Crippen molar-refractivity contribution in [2.24, 2.45) is 5.10 Å². The number of rotatable bonds is 7. The average molecular weight is 400 g/mol. The van der Waals surface area contributed by atoms with E-state index in [0.29, 0.717) is 14.9 Å². The minimum atomic E-state index is -0.506. The standard InChI is InChI=1S/C16H12N6O3S2/c23-14(19-18-9-11-5-1-2-7-13(11)22(24)25)10-26-16-21-20-15(27-16)12-6-3-4-8-17-12/h1-9H,10H2,(H,19,23)/b18-9+. The van der Waals surface area contributed by atoms with Crippen LogP contribution >= 0.6 is 23.1 Å². The third-order valence-electron chi connectivity index (χ3n) is 3.14. The molecule has 2 aromatic heterocycles. The van der Waals surface area contributed by atoms with Crippen LogP contribution in [0.25, 0.3) is 10.7 Å². The molecule has 0 saturated carbocycles. The molecule has 1 aromatic carbocycles. The summed E-state index contributed by atoms with van der Waals surface area (Å²) in [7, 11) is 0. The number of thioether (sulfide) groups is 1. The molecule has 11 heteroatoms. The molecule has 0 aliphatic carbocycles. The second kappa shape index (κ2) is 8.96. The number of para-hydroxylation sites is 1. The van der Waals surface area contributed by atoms with Crippen LogP contribution in [0.2, 0.25) is 0 Å². The molecular formula is C16H12N6O3S2. The second-order valence-electron chi connectivity index (χ2n) is 4.99. The van der Waals surface area contributed by atoms with Crippen molar-refractivity contribution in [2.45, 2.75) is 4.34 Å². The summed E-state index contributed by atoms with van der Waals surface area (Å²) in [5, 5.41) is 23.4. The lowest BCUT2D eigenvalue weighted by Gasteiger charge is -1.98. The summed E-state index contributed by atoms with van der Waals surface area (Å²) in [6.45, 7) is 0. The normalized spacial score (nSPS) is 10.8. The van der Waals surface area contributed by atoms with E-state index in [1.54, 1.807) is 24.4 Å². The summed E-state index contributed by atoms with van der Waals surface area (Å²) in [5.41, 5.74) is 3.28. The Kier molecular flexibility index (Phi) is 6.18. The Morgan fingerprint density at radius 3 is 2.85 bits per heavy atom. The zero-order valence-electron chi connectivity index (χ0n) is 13.7. The van der Waals surface area contributed by atoms with Gasteiger partial charge < -0.3 is 0 Å². The van der Waals surface area contributed by atoms with Gasteiger partial charge in [0.25, 0.3) is 11.6 Å². The van der Waals surface area contributed by atoms with Gasteiger partial charge in [0.2, 0.25) is 0 Å². The van der Waals surface area contributed by atoms with Crippen LogP contribution in [0.4, 0.5) is 5.69 Å². The van der Waals surface area contributed by atoms with Gasteiger partial charge >= 0.3 is 0 Å². The van der Waals surface area contributed by atoms with Crippen molar-refractivity contribution in [3.63, 3.8) is 0 Å². The van der Waals surface area contributed by atoms with Crippen LogP contribution in [0.3, 0.4) is 0 Å². The van der Waals surface area contributed by atoms with Crippen LogP contribution in [0, 0.1) is 10.1 Å². The largest absolute Gasteiger partial charge is 0.278 e. The molecule has 0 fully saturated rings. The molecule has 0 unspecified atom stereocenters. The molecule has 9 nitrogen and oxygen atoms in total. The highest BCUT2D eigenvalue weighted by molar-refractivity contribution is 8.01. The Balaban J connectivity index is 1.52. The minimum Gasteiger partial charge on any atom is -0.272 e. The van der Waals surface area contributed by atoms with Gasteiger partial charge in [-0.25, -0.2) is 5.43 Å². The number of hydrogen-bond acceptors (Lipinski definition) is 9. The van der Waals surface area contributed by atoms with Crippen LogP contribution in [-0.4, -0.2) is 38.0 Å². The van der Waals surface area contributed by atoms with Crippen LogP contribution < -0.4 is 5.43 Å². The molecule has 0 spiro atoms. The number of hydrogen-bond donors (Lipinski definition) is 1. The van der Waals surface area contributed by atoms with Gasteiger partial charge in [0.15, 0.2) is 9.35 Å². The summed E-state index contributed by atoms with van der Waals surface area (Å²) in [6, 6.07) is 11.6. The van der Waals surface area contributed by atoms with Crippen molar-refractivity contribution in [1.29, 1.82) is 0 Å². The molecule has 1 N–H and O–H groups in total. The maximum atomic E-state index is 11.9. The predicted molar refractivity (Wildman–Crippen MR) is 103 cm³/mol. The number of nitro groups is 1. The van der Waals surface area contributed by atoms with Gasteiger partial charge in [-0.1, -0.05) is 41.3 Å². The number of amides is 1. The molecule has 0 radical (unpaired) electrons. The monoisotopic (exact) mass is 400 g/mol. The van der Waals surface area contributed by atoms with E-state index in [1.165, 1.54) is 35.4 Å². The summed E-state index contributed by atoms with van der Waals surface area (Å²) < 4.78 is 0.633. The summed E-state index contributed by atoms with van der Waals surface area (Å²) in [4.78, 5) is 26.5. The zero-order valence-corrected chi connectivity index (χ0v) is 15.3. The molecule has 1 amide bonds. The van der Waals surface area contributed by atoms with E-state index in [9.17, 15) is 14.9 Å². The Labute approximate surface area is 161 Å². The molecule has 27 heavy (non-hydrogen) atoms. The fourth-order valence-corrected chi connectivity index (χ4v) is 3.58. The van der Waals surface area contributed by atoms with Gasteiger partial charge in [0, 0.05) is 12.3 Å². The van der Waals surface area contributed by atoms with E-state index >= 15 is 0 Å². The number of nitro benzene ring substituents is 1. The van der Waals surface area contributed by atoms with Crippen LogP contribution in [-0.2, 0) is 4.79 Å². The SMILES string of the molecule is O=C(CSc1nnc(-c2ccccn2)s1)N/N=C/c1ccccc1[N+](=O)[O-]. The smallest absolute Gasteiger partial charge is 0.272 e. The van der Waals surface area contributed by atoms with Crippen molar-refractivity contribution in [3.05, 3.63) is 64.3 Å². The Hall–Kier alpha value is -3.18. The van der Waals surface area contributed by atoms with Gasteiger partial charge in [0.1, 0.15) is 5.69 Å². The first-order valence-electron chi connectivity index (χ1n) is 7.56. The fraction of sp³-hybridized carbons (Fsp3) is 0.0625. The molecule has 0 bridgehead atoms. The quantitative estimate of drug-likeness (QED) is 0.280. The first kappa shape index (κ1) is 18.6. The van der Waals surface area contributed by atoms with Gasteiger partial charge in [-0.3, -0.25) is 19.9 Å². The fourth-order valence-electron chi connectivity index (χ4n) is 1.96. The number of benzene rings is 1. The maximum absolute atomic E-state index is 11.9. The molecule has 0 atom stereocenters. The lowest BCUT2D eigenvalue weighted by Crippen LogP contribution is -2.19. The highest BCUT2D eigenvalue weighted by atomic mass is 32.2. The van der Waals surface area contributed by atoms with Crippen molar-refractivity contribution in [2.75, 3.05) is 5.75 Å². The Morgan fingerprint density at radius 2 is 2.07 bits per heavy atom. The highest BCUT2D eigenvalue weighted by Crippen LogP contribution is 2.27. The lowest BCUT2D eigenvalue weighted by molar-refractivity contribution is -0.385. The van der Waals surface area contributed by atoms with E-state index < -0.39 is 4.92 Å². The third-order valence-corrected chi connectivity index (χ3v) is 5.22. The van der Waals surface area contributed by atoms with E-state index in [4.69, 9.17) is 0 Å². The summed E-state index contributed by atoms with van der Waals surface area (Å²) >= 11 is 2.56. The van der Waals surface area contributed by atoms with Crippen molar-refractivity contribution >= 4 is 40.9 Å². The van der Waals surface area contributed by atoms with Gasteiger partial charge in [-0.05, 0) is 18.2 Å². The predicted octanol–water partition coefficient (Wildman–Crippen LogP) is 2.75. The summed E-state index contributed by atoms with van der Waals surface area (Å²) in [5.74, 6) is -0.269. The number of aromatic nitrogens is 3. The molecule has 0 saturated heterocycles. The number of pyridine rings is 1. The maximum Gasteiger partial charge on any atom is 0.278 e. The summed E-state index contributed by atoms with van der Waals surface area (Å²) in [6.07, 6.45) is 2.91. The first-order valence-corrected chi connectivity index (χ1v) is 9.37. The molecule has 3 rings (SSSR count). The van der Waals surface area contributed by atoms with Crippen molar-refractivity contribution < 1.29 is 9.72 Å². The van der Waals surface area contributed by atoms with E-state index in [2.05, 4.69) is 25.7 Å².